The van der Waals surface area contributed by atoms with Gasteiger partial charge in [-0.1, -0.05) is 40.9 Å². The highest BCUT2D eigenvalue weighted by molar-refractivity contribution is 6.35. The fourth-order valence-electron chi connectivity index (χ4n) is 1.27. The van der Waals surface area contributed by atoms with Gasteiger partial charge in [0.2, 0.25) is 0 Å². The molecule has 0 unspecified atom stereocenters. The van der Waals surface area contributed by atoms with E-state index in [1.165, 1.54) is 0 Å². The largest absolute Gasteiger partial charge is 0.486 e. The van der Waals surface area contributed by atoms with Gasteiger partial charge >= 0.3 is 0 Å². The van der Waals surface area contributed by atoms with E-state index in [1.54, 1.807) is 30.5 Å². The van der Waals surface area contributed by atoms with Crippen molar-refractivity contribution in [2.45, 2.75) is 6.61 Å². The molecule has 5 heteroatoms. The second kappa shape index (κ2) is 5.58. The lowest BCUT2D eigenvalue weighted by Gasteiger charge is -2.08. The van der Waals surface area contributed by atoms with E-state index < -0.39 is 0 Å². The number of benzene rings is 1. The number of rotatable bonds is 3. The van der Waals surface area contributed by atoms with Crippen LogP contribution >= 0.6 is 34.8 Å². The van der Waals surface area contributed by atoms with Crippen molar-refractivity contribution in [3.05, 3.63) is 57.3 Å². The molecule has 0 saturated carbocycles. The van der Waals surface area contributed by atoms with Crippen molar-refractivity contribution in [3.8, 4) is 5.75 Å². The van der Waals surface area contributed by atoms with Crippen LogP contribution in [0.2, 0.25) is 15.2 Å². The van der Waals surface area contributed by atoms with Crippen molar-refractivity contribution in [2.75, 3.05) is 0 Å². The Balaban J connectivity index is 2.10. The summed E-state index contributed by atoms with van der Waals surface area (Å²) in [5.41, 5.74) is 0.844. The SMILES string of the molecule is Clc1ccc(COc2cccnc2Cl)c(Cl)c1. The fourth-order valence-corrected chi connectivity index (χ4v) is 1.91. The molecular formula is C12H8Cl3NO. The molecule has 0 atom stereocenters. The molecule has 0 N–H and O–H groups in total. The van der Waals surface area contributed by atoms with Crippen LogP contribution in [0.4, 0.5) is 0 Å². The number of nitrogens with zero attached hydrogens (tertiary/aromatic N) is 1. The van der Waals surface area contributed by atoms with Crippen molar-refractivity contribution >= 4 is 34.8 Å². The minimum Gasteiger partial charge on any atom is -0.486 e. The zero-order chi connectivity index (χ0) is 12.3. The van der Waals surface area contributed by atoms with Crippen LogP contribution in [-0.2, 0) is 6.61 Å². The zero-order valence-corrected chi connectivity index (χ0v) is 10.9. The number of hydrogen-bond acceptors (Lipinski definition) is 2. The molecule has 2 rings (SSSR count). The Kier molecular flexibility index (Phi) is 4.11. The normalized spacial score (nSPS) is 10.3. The van der Waals surface area contributed by atoms with E-state index in [0.717, 1.165) is 5.56 Å². The van der Waals surface area contributed by atoms with Crippen LogP contribution in [0, 0.1) is 0 Å². The van der Waals surface area contributed by atoms with Crippen LogP contribution in [0.25, 0.3) is 0 Å². The molecule has 0 aliphatic heterocycles. The summed E-state index contributed by atoms with van der Waals surface area (Å²) >= 11 is 17.7. The van der Waals surface area contributed by atoms with Crippen molar-refractivity contribution < 1.29 is 4.74 Å². The van der Waals surface area contributed by atoms with E-state index in [1.807, 2.05) is 6.07 Å². The molecule has 2 aromatic rings. The van der Waals surface area contributed by atoms with Gasteiger partial charge < -0.3 is 4.74 Å². The summed E-state index contributed by atoms with van der Waals surface area (Å²) in [5, 5.41) is 1.49. The van der Waals surface area contributed by atoms with E-state index in [2.05, 4.69) is 4.98 Å². The molecular weight excluding hydrogens is 280 g/mol. The van der Waals surface area contributed by atoms with E-state index in [-0.39, 0.29) is 0 Å². The van der Waals surface area contributed by atoms with Gasteiger partial charge in [-0.25, -0.2) is 4.98 Å². The average molecular weight is 289 g/mol. The zero-order valence-electron chi connectivity index (χ0n) is 8.66. The number of hydrogen-bond donors (Lipinski definition) is 0. The fraction of sp³-hybridized carbons (Fsp3) is 0.0833. The van der Waals surface area contributed by atoms with Gasteiger partial charge in [-0.05, 0) is 24.3 Å². The summed E-state index contributed by atoms with van der Waals surface area (Å²) in [6.07, 6.45) is 1.60. The molecule has 1 aromatic carbocycles. The van der Waals surface area contributed by atoms with Crippen LogP contribution < -0.4 is 4.74 Å². The molecule has 0 fully saturated rings. The van der Waals surface area contributed by atoms with Gasteiger partial charge in [0.15, 0.2) is 10.9 Å². The monoisotopic (exact) mass is 287 g/mol. The molecule has 0 bridgehead atoms. The topological polar surface area (TPSA) is 22.1 Å². The van der Waals surface area contributed by atoms with Crippen molar-refractivity contribution in [3.63, 3.8) is 0 Å². The summed E-state index contributed by atoms with van der Waals surface area (Å²) in [6, 6.07) is 8.75. The lowest BCUT2D eigenvalue weighted by Crippen LogP contribution is -1.97. The quantitative estimate of drug-likeness (QED) is 0.769. The van der Waals surface area contributed by atoms with Gasteiger partial charge in [0, 0.05) is 21.8 Å². The van der Waals surface area contributed by atoms with Crippen LogP contribution in [0.15, 0.2) is 36.5 Å². The molecule has 1 heterocycles. The second-order valence-corrected chi connectivity index (χ2v) is 4.52. The van der Waals surface area contributed by atoms with Crippen LogP contribution in [0.3, 0.4) is 0 Å². The lowest BCUT2D eigenvalue weighted by atomic mass is 10.2. The Bertz CT molecular complexity index is 531. The van der Waals surface area contributed by atoms with Crippen LogP contribution in [-0.4, -0.2) is 4.98 Å². The third-order valence-corrected chi connectivity index (χ3v) is 2.99. The Morgan fingerprint density at radius 3 is 2.65 bits per heavy atom. The van der Waals surface area contributed by atoms with Gasteiger partial charge in [0.1, 0.15) is 6.61 Å². The first-order chi connectivity index (χ1) is 8.16. The molecule has 0 aliphatic carbocycles. The predicted molar refractivity (Wildman–Crippen MR) is 70.0 cm³/mol. The Morgan fingerprint density at radius 1 is 1.12 bits per heavy atom. The summed E-state index contributed by atoms with van der Waals surface area (Å²) in [7, 11) is 0. The maximum atomic E-state index is 6.02. The predicted octanol–water partition coefficient (Wildman–Crippen LogP) is 4.62. The number of aromatic nitrogens is 1. The molecule has 0 spiro atoms. The minimum atomic E-state index is 0.321. The summed E-state index contributed by atoms with van der Waals surface area (Å²) < 4.78 is 5.52. The Morgan fingerprint density at radius 2 is 1.94 bits per heavy atom. The van der Waals surface area contributed by atoms with Crippen molar-refractivity contribution in [1.82, 2.24) is 4.98 Å². The maximum absolute atomic E-state index is 6.02. The summed E-state index contributed by atoms with van der Waals surface area (Å²) in [5.74, 6) is 0.528. The Hall–Kier alpha value is -0.960. The molecule has 0 amide bonds. The smallest absolute Gasteiger partial charge is 0.171 e. The third kappa shape index (κ3) is 3.25. The van der Waals surface area contributed by atoms with Crippen LogP contribution in [0.1, 0.15) is 5.56 Å². The maximum Gasteiger partial charge on any atom is 0.171 e. The van der Waals surface area contributed by atoms with Gasteiger partial charge in [-0.3, -0.25) is 0 Å². The van der Waals surface area contributed by atoms with E-state index in [9.17, 15) is 0 Å². The van der Waals surface area contributed by atoms with Crippen LogP contribution in [0.5, 0.6) is 5.75 Å². The van der Waals surface area contributed by atoms with E-state index in [0.29, 0.717) is 27.6 Å². The van der Waals surface area contributed by atoms with E-state index >= 15 is 0 Å². The Labute approximate surface area is 114 Å². The molecule has 0 saturated heterocycles. The number of pyridine rings is 1. The minimum absolute atomic E-state index is 0.321. The molecule has 17 heavy (non-hydrogen) atoms. The van der Waals surface area contributed by atoms with Crippen molar-refractivity contribution in [2.24, 2.45) is 0 Å². The highest BCUT2D eigenvalue weighted by atomic mass is 35.5. The molecule has 88 valence electrons. The molecule has 1 aromatic heterocycles. The second-order valence-electron chi connectivity index (χ2n) is 3.32. The molecule has 0 radical (unpaired) electrons. The molecule has 0 aliphatic rings. The first kappa shape index (κ1) is 12.5. The van der Waals surface area contributed by atoms with Gasteiger partial charge in [-0.2, -0.15) is 0 Å². The molecule has 2 nitrogen and oxygen atoms in total. The van der Waals surface area contributed by atoms with Gasteiger partial charge in [0.05, 0.1) is 0 Å². The first-order valence-electron chi connectivity index (χ1n) is 4.84. The first-order valence-corrected chi connectivity index (χ1v) is 5.97. The third-order valence-electron chi connectivity index (χ3n) is 2.12. The number of ether oxygens (including phenoxy) is 1. The summed E-state index contributed by atoms with van der Waals surface area (Å²) in [4.78, 5) is 3.91. The lowest BCUT2D eigenvalue weighted by molar-refractivity contribution is 0.305. The number of halogens is 3. The van der Waals surface area contributed by atoms with Crippen molar-refractivity contribution in [1.29, 1.82) is 0 Å². The highest BCUT2D eigenvalue weighted by Gasteiger charge is 2.05. The standard InChI is InChI=1S/C12H8Cl3NO/c13-9-4-3-8(10(14)6-9)7-17-11-2-1-5-16-12(11)15/h1-6H,7H2. The highest BCUT2D eigenvalue weighted by Crippen LogP contribution is 2.25. The van der Waals surface area contributed by atoms with Gasteiger partial charge in [0.25, 0.3) is 0 Å². The van der Waals surface area contributed by atoms with Gasteiger partial charge in [-0.15, -0.1) is 0 Å². The average Bonchev–Trinajstić information content (AvgIpc) is 2.30. The summed E-state index contributed by atoms with van der Waals surface area (Å²) in [6.45, 7) is 0.321. The van der Waals surface area contributed by atoms with E-state index in [4.69, 9.17) is 39.5 Å².